The number of carbonyl (C=O) groups excluding carboxylic acids is 1. The van der Waals surface area contributed by atoms with Crippen LogP contribution in [0.5, 0.6) is 11.5 Å². The fourth-order valence-electron chi connectivity index (χ4n) is 3.47. The molecule has 10 heteroatoms. The van der Waals surface area contributed by atoms with Crippen molar-refractivity contribution in [2.45, 2.75) is 17.3 Å². The molecular formula is C23H20N4O4S2. The fourth-order valence-corrected chi connectivity index (χ4v) is 5.29. The molecule has 168 valence electrons. The number of nitrogens with one attached hydrogen (secondary N) is 1. The van der Waals surface area contributed by atoms with Gasteiger partial charge in [0.15, 0.2) is 16.7 Å². The molecule has 1 aliphatic heterocycles. The maximum Gasteiger partial charge on any atom is 0.282 e. The second-order valence-corrected chi connectivity index (χ2v) is 9.54. The van der Waals surface area contributed by atoms with Crippen molar-refractivity contribution in [2.75, 3.05) is 24.4 Å². The fraction of sp³-hybridized carbons (Fsp3) is 0.174. The van der Waals surface area contributed by atoms with E-state index in [1.165, 1.54) is 11.3 Å². The third-order valence-electron chi connectivity index (χ3n) is 5.15. The highest BCUT2D eigenvalue weighted by Crippen LogP contribution is 2.34. The Morgan fingerprint density at radius 2 is 1.94 bits per heavy atom. The Balaban J connectivity index is 1.37. The summed E-state index contributed by atoms with van der Waals surface area (Å²) in [5, 5.41) is 4.97. The van der Waals surface area contributed by atoms with Crippen molar-refractivity contribution >= 4 is 44.9 Å². The van der Waals surface area contributed by atoms with E-state index >= 15 is 0 Å². The van der Waals surface area contributed by atoms with Gasteiger partial charge in [0.2, 0.25) is 5.91 Å². The Hall–Kier alpha value is -3.50. The number of carbonyl (C=O) groups is 1. The first-order chi connectivity index (χ1) is 16.0. The van der Waals surface area contributed by atoms with Crippen LogP contribution in [0.4, 0.5) is 5.69 Å². The largest absolute Gasteiger partial charge is 0.486 e. The van der Waals surface area contributed by atoms with Crippen LogP contribution in [0.1, 0.15) is 6.92 Å². The monoisotopic (exact) mass is 480 g/mol. The van der Waals surface area contributed by atoms with Crippen molar-refractivity contribution in [3.05, 3.63) is 64.3 Å². The van der Waals surface area contributed by atoms with E-state index < -0.39 is 5.25 Å². The topological polar surface area (TPSA) is 108 Å². The normalized spacial score (nSPS) is 13.6. The summed E-state index contributed by atoms with van der Waals surface area (Å²) >= 11 is 2.50. The Bertz CT molecular complexity index is 1400. The minimum atomic E-state index is -0.550. The lowest BCUT2D eigenvalue weighted by Crippen LogP contribution is -2.31. The van der Waals surface area contributed by atoms with Crippen LogP contribution in [0.2, 0.25) is 0 Å². The van der Waals surface area contributed by atoms with E-state index in [0.29, 0.717) is 40.6 Å². The molecule has 2 aromatic carbocycles. The number of thioether (sulfide) groups is 1. The molecule has 8 nitrogen and oxygen atoms in total. The van der Waals surface area contributed by atoms with E-state index in [4.69, 9.17) is 15.3 Å². The molecule has 0 saturated carbocycles. The van der Waals surface area contributed by atoms with Gasteiger partial charge in [0.25, 0.3) is 5.56 Å². The molecule has 0 spiro atoms. The second kappa shape index (κ2) is 8.80. The van der Waals surface area contributed by atoms with Gasteiger partial charge in [-0.2, -0.15) is 0 Å². The number of rotatable bonds is 5. The van der Waals surface area contributed by atoms with Crippen LogP contribution in [0.25, 0.3) is 21.3 Å². The van der Waals surface area contributed by atoms with Crippen LogP contribution in [0.3, 0.4) is 0 Å². The SMILES string of the molecule is CC(Sc1nc2scc(-c3ccccc3)c2c(=O)n1N)C(=O)Nc1ccc2c(c1)OCCO2. The summed E-state index contributed by atoms with van der Waals surface area (Å²) in [4.78, 5) is 31.0. The number of nitrogen functional groups attached to an aromatic ring is 1. The van der Waals surface area contributed by atoms with Crippen molar-refractivity contribution in [1.82, 2.24) is 9.66 Å². The lowest BCUT2D eigenvalue weighted by molar-refractivity contribution is -0.115. The highest BCUT2D eigenvalue weighted by Gasteiger charge is 2.22. The molecule has 5 rings (SSSR count). The third kappa shape index (κ3) is 4.14. The molecule has 0 fully saturated rings. The smallest absolute Gasteiger partial charge is 0.282 e. The highest BCUT2D eigenvalue weighted by molar-refractivity contribution is 8.00. The zero-order valence-electron chi connectivity index (χ0n) is 17.6. The van der Waals surface area contributed by atoms with Gasteiger partial charge >= 0.3 is 0 Å². The Kier molecular flexibility index (Phi) is 5.69. The van der Waals surface area contributed by atoms with Gasteiger partial charge in [-0.3, -0.25) is 9.59 Å². The molecule has 1 aliphatic rings. The van der Waals surface area contributed by atoms with Crippen LogP contribution in [-0.4, -0.2) is 34.0 Å². The maximum absolute atomic E-state index is 13.0. The van der Waals surface area contributed by atoms with Crippen LogP contribution in [0.15, 0.2) is 63.9 Å². The average molecular weight is 481 g/mol. The number of aromatic nitrogens is 2. The van der Waals surface area contributed by atoms with Gasteiger partial charge in [0, 0.05) is 22.7 Å². The Morgan fingerprint density at radius 1 is 1.18 bits per heavy atom. The number of anilines is 1. The van der Waals surface area contributed by atoms with Crippen molar-refractivity contribution in [2.24, 2.45) is 0 Å². The zero-order valence-corrected chi connectivity index (χ0v) is 19.2. The summed E-state index contributed by atoms with van der Waals surface area (Å²) in [6, 6.07) is 14.9. The number of benzene rings is 2. The molecule has 3 N–H and O–H groups in total. The number of ether oxygens (including phenoxy) is 2. The first-order valence-corrected chi connectivity index (χ1v) is 12.0. The van der Waals surface area contributed by atoms with E-state index in [0.717, 1.165) is 27.6 Å². The number of hydrogen-bond donors (Lipinski definition) is 2. The second-order valence-electron chi connectivity index (χ2n) is 7.37. The van der Waals surface area contributed by atoms with Crippen LogP contribution in [0, 0.1) is 0 Å². The highest BCUT2D eigenvalue weighted by atomic mass is 32.2. The molecule has 1 unspecified atom stereocenters. The lowest BCUT2D eigenvalue weighted by Gasteiger charge is -2.19. The minimum Gasteiger partial charge on any atom is -0.486 e. The van der Waals surface area contributed by atoms with E-state index in [1.54, 1.807) is 25.1 Å². The van der Waals surface area contributed by atoms with E-state index in [9.17, 15) is 9.59 Å². The van der Waals surface area contributed by atoms with E-state index in [2.05, 4.69) is 10.3 Å². The number of fused-ring (bicyclic) bond motifs is 2. The van der Waals surface area contributed by atoms with Crippen molar-refractivity contribution < 1.29 is 14.3 Å². The van der Waals surface area contributed by atoms with Gasteiger partial charge in [-0.1, -0.05) is 42.1 Å². The Labute approximate surface area is 197 Å². The summed E-state index contributed by atoms with van der Waals surface area (Å²) in [5.41, 5.74) is 1.97. The zero-order chi connectivity index (χ0) is 22.9. The average Bonchev–Trinajstić information content (AvgIpc) is 3.26. The van der Waals surface area contributed by atoms with Gasteiger partial charge < -0.3 is 20.6 Å². The molecule has 1 atom stereocenters. The molecule has 0 aliphatic carbocycles. The van der Waals surface area contributed by atoms with Crippen molar-refractivity contribution in [3.63, 3.8) is 0 Å². The summed E-state index contributed by atoms with van der Waals surface area (Å²) in [6.07, 6.45) is 0. The molecule has 0 saturated heterocycles. The third-order valence-corrected chi connectivity index (χ3v) is 7.09. The number of thiophene rings is 1. The molecule has 2 aromatic heterocycles. The lowest BCUT2D eigenvalue weighted by atomic mass is 10.1. The summed E-state index contributed by atoms with van der Waals surface area (Å²) < 4.78 is 12.1. The molecule has 3 heterocycles. The van der Waals surface area contributed by atoms with Crippen LogP contribution in [-0.2, 0) is 4.79 Å². The quantitative estimate of drug-likeness (QED) is 0.255. The predicted octanol–water partition coefficient (Wildman–Crippen LogP) is 3.73. The van der Waals surface area contributed by atoms with E-state index in [-0.39, 0.29) is 16.6 Å². The minimum absolute atomic E-state index is 0.248. The van der Waals surface area contributed by atoms with E-state index in [1.807, 2.05) is 35.7 Å². The molecule has 1 amide bonds. The maximum atomic E-state index is 13.0. The number of nitrogens with two attached hydrogens (primary N) is 1. The molecule has 33 heavy (non-hydrogen) atoms. The number of nitrogens with zero attached hydrogens (tertiary/aromatic N) is 2. The molecule has 0 bridgehead atoms. The van der Waals surface area contributed by atoms with Gasteiger partial charge in [0.05, 0.1) is 10.6 Å². The predicted molar refractivity (Wildman–Crippen MR) is 131 cm³/mol. The van der Waals surface area contributed by atoms with Crippen LogP contribution < -0.4 is 26.2 Å². The van der Waals surface area contributed by atoms with Gasteiger partial charge in [-0.05, 0) is 24.6 Å². The molecular weight excluding hydrogens is 460 g/mol. The van der Waals surface area contributed by atoms with Gasteiger partial charge in [0.1, 0.15) is 18.0 Å². The number of hydrogen-bond acceptors (Lipinski definition) is 8. The molecule has 4 aromatic rings. The summed E-state index contributed by atoms with van der Waals surface area (Å²) in [6.45, 7) is 2.70. The standard InChI is InChI=1S/C23H20N4O4S2/c1-13(20(28)25-15-7-8-17-18(11-15)31-10-9-30-17)33-23-26-21-19(22(29)27(23)24)16(12-32-21)14-5-3-2-4-6-14/h2-8,11-13H,9-10,24H2,1H3,(H,25,28). The van der Waals surface area contributed by atoms with Crippen molar-refractivity contribution in [3.8, 4) is 22.6 Å². The van der Waals surface area contributed by atoms with Gasteiger partial charge in [-0.15, -0.1) is 11.3 Å². The van der Waals surface area contributed by atoms with Gasteiger partial charge in [-0.25, -0.2) is 9.66 Å². The number of amides is 1. The molecule has 0 radical (unpaired) electrons. The van der Waals surface area contributed by atoms with Crippen molar-refractivity contribution in [1.29, 1.82) is 0 Å². The van der Waals surface area contributed by atoms with Crippen LogP contribution >= 0.6 is 23.1 Å². The summed E-state index contributed by atoms with van der Waals surface area (Å²) in [5.74, 6) is 7.09. The first kappa shape index (κ1) is 21.4. The Morgan fingerprint density at radius 3 is 2.73 bits per heavy atom. The summed E-state index contributed by atoms with van der Waals surface area (Å²) in [7, 11) is 0. The first-order valence-electron chi connectivity index (χ1n) is 10.2.